The van der Waals surface area contributed by atoms with Crippen molar-refractivity contribution in [1.29, 1.82) is 0 Å². The molecule has 3 rings (SSSR count). The maximum atomic E-state index is 6.22. The molecule has 3 heteroatoms. The lowest BCUT2D eigenvalue weighted by molar-refractivity contribution is 0.105. The van der Waals surface area contributed by atoms with Crippen molar-refractivity contribution in [3.8, 4) is 5.75 Å². The van der Waals surface area contributed by atoms with E-state index in [2.05, 4.69) is 17.9 Å². The van der Waals surface area contributed by atoms with Crippen molar-refractivity contribution in [1.82, 2.24) is 4.90 Å². The largest absolute Gasteiger partial charge is 0.496 e. The summed E-state index contributed by atoms with van der Waals surface area (Å²) in [6.07, 6.45) is 11.0. The molecule has 1 aliphatic heterocycles. The lowest BCUT2D eigenvalue weighted by atomic mass is 9.81. The van der Waals surface area contributed by atoms with Crippen LogP contribution in [-0.4, -0.2) is 31.1 Å². The predicted molar refractivity (Wildman–Crippen MR) is 102 cm³/mol. The van der Waals surface area contributed by atoms with Gasteiger partial charge in [-0.05, 0) is 87.2 Å². The highest BCUT2D eigenvalue weighted by molar-refractivity contribution is 6.30. The molecule has 0 radical (unpaired) electrons. The summed E-state index contributed by atoms with van der Waals surface area (Å²) in [5, 5.41) is 0.822. The molecule has 24 heavy (non-hydrogen) atoms. The van der Waals surface area contributed by atoms with Crippen LogP contribution in [0.2, 0.25) is 5.02 Å². The number of piperidine rings is 1. The molecule has 0 aromatic heterocycles. The lowest BCUT2D eigenvalue weighted by Gasteiger charge is -2.41. The fraction of sp³-hybridized carbons (Fsp3) is 0.714. The van der Waals surface area contributed by atoms with Gasteiger partial charge < -0.3 is 9.64 Å². The minimum atomic E-state index is 0.589. The number of hydrogen-bond acceptors (Lipinski definition) is 2. The van der Waals surface area contributed by atoms with Gasteiger partial charge in [0, 0.05) is 11.1 Å². The van der Waals surface area contributed by atoms with E-state index < -0.39 is 0 Å². The number of methoxy groups -OCH3 is 1. The van der Waals surface area contributed by atoms with Crippen LogP contribution in [0.5, 0.6) is 5.75 Å². The van der Waals surface area contributed by atoms with Crippen LogP contribution in [0.3, 0.4) is 0 Å². The molecular weight excluding hydrogens is 318 g/mol. The topological polar surface area (TPSA) is 12.5 Å². The first-order valence-electron chi connectivity index (χ1n) is 9.78. The molecule has 1 aromatic carbocycles. The molecule has 1 saturated carbocycles. The second kappa shape index (κ2) is 8.58. The van der Waals surface area contributed by atoms with E-state index in [1.165, 1.54) is 70.0 Å². The molecule has 134 valence electrons. The molecule has 0 amide bonds. The summed E-state index contributed by atoms with van der Waals surface area (Å²) in [6, 6.07) is 6.88. The van der Waals surface area contributed by atoms with Gasteiger partial charge >= 0.3 is 0 Å². The third-order valence-corrected chi connectivity index (χ3v) is 6.43. The summed E-state index contributed by atoms with van der Waals surface area (Å²) in [5.41, 5.74) is 1.30. The Morgan fingerprint density at radius 1 is 1.08 bits per heavy atom. The minimum absolute atomic E-state index is 0.589. The van der Waals surface area contributed by atoms with Gasteiger partial charge in [0.1, 0.15) is 5.75 Å². The molecule has 1 heterocycles. The molecule has 2 fully saturated rings. The molecule has 0 bridgehead atoms. The fourth-order valence-electron chi connectivity index (χ4n) is 4.81. The Balaban J connectivity index is 1.54. The Bertz CT molecular complexity index is 517. The molecular formula is C21H32ClNO. The number of rotatable bonds is 5. The number of likely N-dealkylation sites (tertiary alicyclic amines) is 1. The van der Waals surface area contributed by atoms with Crippen molar-refractivity contribution in [2.75, 3.05) is 20.2 Å². The Hall–Kier alpha value is -0.730. The maximum absolute atomic E-state index is 6.22. The van der Waals surface area contributed by atoms with E-state index in [9.17, 15) is 0 Å². The second-order valence-electron chi connectivity index (χ2n) is 7.66. The lowest BCUT2D eigenvalue weighted by Crippen LogP contribution is -2.42. The Kier molecular flexibility index (Phi) is 6.46. The van der Waals surface area contributed by atoms with E-state index in [1.54, 1.807) is 7.11 Å². The summed E-state index contributed by atoms with van der Waals surface area (Å²) in [4.78, 5) is 2.76. The highest BCUT2D eigenvalue weighted by atomic mass is 35.5. The summed E-state index contributed by atoms with van der Waals surface area (Å²) in [5.74, 6) is 2.59. The van der Waals surface area contributed by atoms with Crippen LogP contribution < -0.4 is 4.74 Å². The zero-order chi connectivity index (χ0) is 16.9. The van der Waals surface area contributed by atoms with Gasteiger partial charge in [0.05, 0.1) is 7.11 Å². The van der Waals surface area contributed by atoms with E-state index in [4.69, 9.17) is 16.3 Å². The molecule has 0 atom stereocenters. The van der Waals surface area contributed by atoms with Crippen LogP contribution in [0.1, 0.15) is 69.8 Å². The monoisotopic (exact) mass is 349 g/mol. The molecule has 0 N–H and O–H groups in total. The highest BCUT2D eigenvalue weighted by Gasteiger charge is 2.30. The van der Waals surface area contributed by atoms with Gasteiger partial charge in [-0.2, -0.15) is 0 Å². The molecule has 0 unspecified atom stereocenters. The molecule has 1 aromatic rings. The van der Waals surface area contributed by atoms with Crippen molar-refractivity contribution in [2.24, 2.45) is 5.92 Å². The fourth-order valence-corrected chi connectivity index (χ4v) is 4.99. The number of halogens is 1. The average molecular weight is 350 g/mol. The van der Waals surface area contributed by atoms with Crippen molar-refractivity contribution in [2.45, 2.75) is 70.3 Å². The summed E-state index contributed by atoms with van der Waals surface area (Å²) >= 11 is 6.22. The molecule has 1 saturated heterocycles. The molecule has 0 spiro atoms. The van der Waals surface area contributed by atoms with Gasteiger partial charge in [-0.25, -0.2) is 0 Å². The van der Waals surface area contributed by atoms with Gasteiger partial charge in [-0.1, -0.05) is 31.4 Å². The smallest absolute Gasteiger partial charge is 0.122 e. The summed E-state index contributed by atoms with van der Waals surface area (Å²) in [7, 11) is 1.76. The first-order chi connectivity index (χ1) is 11.7. The van der Waals surface area contributed by atoms with Gasteiger partial charge in [0.2, 0.25) is 0 Å². The molecule has 2 aliphatic rings. The summed E-state index contributed by atoms with van der Waals surface area (Å²) in [6.45, 7) is 4.77. The minimum Gasteiger partial charge on any atom is -0.496 e. The van der Waals surface area contributed by atoms with Crippen molar-refractivity contribution in [3.63, 3.8) is 0 Å². The molecule has 1 aliphatic carbocycles. The third kappa shape index (κ3) is 4.26. The third-order valence-electron chi connectivity index (χ3n) is 6.19. The van der Waals surface area contributed by atoms with Gasteiger partial charge in [0.25, 0.3) is 0 Å². The second-order valence-corrected chi connectivity index (χ2v) is 8.10. The average Bonchev–Trinajstić information content (AvgIpc) is 2.63. The standard InChI is InChI=1S/C21H32ClNO/c1-3-4-16-5-8-19(9-6-16)23-13-11-17(12-14-23)20-15-18(22)7-10-21(20)24-2/h7,10,15-17,19H,3-6,8-9,11-14H2,1-2H3. The van der Waals surface area contributed by atoms with Crippen LogP contribution in [0.4, 0.5) is 0 Å². The normalized spacial score (nSPS) is 26.5. The van der Waals surface area contributed by atoms with Crippen molar-refractivity contribution in [3.05, 3.63) is 28.8 Å². The van der Waals surface area contributed by atoms with Crippen molar-refractivity contribution < 1.29 is 4.74 Å². The Labute approximate surface area is 152 Å². The first-order valence-corrected chi connectivity index (χ1v) is 10.2. The quantitative estimate of drug-likeness (QED) is 0.657. The Morgan fingerprint density at radius 3 is 2.42 bits per heavy atom. The van der Waals surface area contributed by atoms with E-state index in [-0.39, 0.29) is 0 Å². The van der Waals surface area contributed by atoms with Gasteiger partial charge in [-0.15, -0.1) is 0 Å². The highest BCUT2D eigenvalue weighted by Crippen LogP contribution is 2.38. The van der Waals surface area contributed by atoms with Gasteiger partial charge in [-0.3, -0.25) is 0 Å². The zero-order valence-corrected chi connectivity index (χ0v) is 16.0. The number of ether oxygens (including phenoxy) is 1. The number of benzene rings is 1. The zero-order valence-electron chi connectivity index (χ0n) is 15.3. The van der Waals surface area contributed by atoms with Crippen LogP contribution in [0.15, 0.2) is 18.2 Å². The first kappa shape index (κ1) is 18.1. The number of hydrogen-bond donors (Lipinski definition) is 0. The van der Waals surface area contributed by atoms with E-state index >= 15 is 0 Å². The van der Waals surface area contributed by atoms with Crippen LogP contribution >= 0.6 is 11.6 Å². The van der Waals surface area contributed by atoms with Crippen molar-refractivity contribution >= 4 is 11.6 Å². The maximum Gasteiger partial charge on any atom is 0.122 e. The molecule has 2 nitrogen and oxygen atoms in total. The van der Waals surface area contributed by atoms with Crippen LogP contribution in [0, 0.1) is 5.92 Å². The predicted octanol–water partition coefficient (Wildman–Crippen LogP) is 5.89. The van der Waals surface area contributed by atoms with E-state index in [1.807, 2.05) is 12.1 Å². The van der Waals surface area contributed by atoms with Crippen LogP contribution in [-0.2, 0) is 0 Å². The number of nitrogens with zero attached hydrogens (tertiary/aromatic N) is 1. The SMILES string of the molecule is CCCC1CCC(N2CCC(c3cc(Cl)ccc3OC)CC2)CC1. The van der Waals surface area contributed by atoms with E-state index in [0.717, 1.165) is 22.7 Å². The van der Waals surface area contributed by atoms with Crippen LogP contribution in [0.25, 0.3) is 0 Å². The summed E-state index contributed by atoms with van der Waals surface area (Å²) < 4.78 is 5.56. The van der Waals surface area contributed by atoms with Gasteiger partial charge in [0.15, 0.2) is 0 Å². The Morgan fingerprint density at radius 2 is 1.79 bits per heavy atom. The van der Waals surface area contributed by atoms with E-state index in [0.29, 0.717) is 5.92 Å².